The molecule has 0 fully saturated rings. The minimum Gasteiger partial charge on any atom is -0.496 e. The first-order valence-corrected chi connectivity index (χ1v) is 10.5. The number of hydrogen-bond acceptors (Lipinski definition) is 4. The molecule has 0 aromatic heterocycles. The Labute approximate surface area is 161 Å². The quantitative estimate of drug-likeness (QED) is 0.721. The molecule has 0 saturated carbocycles. The maximum absolute atomic E-state index is 12.6. The van der Waals surface area contributed by atoms with Gasteiger partial charge in [-0.05, 0) is 61.7 Å². The van der Waals surface area contributed by atoms with Gasteiger partial charge in [-0.3, -0.25) is 9.52 Å². The largest absolute Gasteiger partial charge is 0.496 e. The Morgan fingerprint density at radius 1 is 1.11 bits per heavy atom. The van der Waals surface area contributed by atoms with Crippen LogP contribution in [0.4, 0.5) is 5.69 Å². The fourth-order valence-electron chi connectivity index (χ4n) is 2.72. The van der Waals surface area contributed by atoms with Gasteiger partial charge in [0.2, 0.25) is 10.0 Å². The zero-order valence-electron chi connectivity index (χ0n) is 16.1. The van der Waals surface area contributed by atoms with E-state index in [2.05, 4.69) is 10.0 Å². The van der Waals surface area contributed by atoms with Crippen LogP contribution in [0.5, 0.6) is 5.75 Å². The molecular weight excluding hydrogens is 364 g/mol. The topological polar surface area (TPSA) is 84.5 Å². The average Bonchev–Trinajstić information content (AvgIpc) is 2.66. The van der Waals surface area contributed by atoms with Crippen molar-refractivity contribution in [3.63, 3.8) is 0 Å². The summed E-state index contributed by atoms with van der Waals surface area (Å²) in [6.07, 6.45) is 0.742. The highest BCUT2D eigenvalue weighted by Gasteiger charge is 2.15. The minimum atomic E-state index is -3.34. The number of ether oxygens (including phenoxy) is 1. The van der Waals surface area contributed by atoms with Crippen LogP contribution < -0.4 is 14.8 Å². The van der Waals surface area contributed by atoms with Gasteiger partial charge in [0, 0.05) is 11.3 Å². The molecule has 0 spiro atoms. The molecule has 7 heteroatoms. The number of carbonyl (C=O) groups excluding carboxylic acids is 1. The van der Waals surface area contributed by atoms with Gasteiger partial charge in [0.25, 0.3) is 5.91 Å². The normalized spacial score (nSPS) is 12.3. The van der Waals surface area contributed by atoms with Crippen molar-refractivity contribution in [3.05, 3.63) is 59.2 Å². The number of nitrogens with one attached hydrogen (secondary N) is 2. The maximum atomic E-state index is 12.6. The van der Waals surface area contributed by atoms with E-state index in [0.717, 1.165) is 23.3 Å². The molecule has 1 atom stereocenters. The summed E-state index contributed by atoms with van der Waals surface area (Å²) in [5, 5.41) is 3.02. The summed E-state index contributed by atoms with van der Waals surface area (Å²) < 4.78 is 30.9. The molecule has 2 aromatic rings. The standard InChI is InChI=1S/C20H26N2O4S/c1-5-18(16-9-12-19(26-4)14(3)13-16)21-20(23)15-7-10-17(11-8-15)22-27(24,25)6-2/h7-13,18,22H,5-6H2,1-4H3,(H,21,23)/t18-/m1/s1. The van der Waals surface area contributed by atoms with E-state index in [1.807, 2.05) is 32.0 Å². The van der Waals surface area contributed by atoms with E-state index in [4.69, 9.17) is 4.74 Å². The Bertz CT molecular complexity index is 893. The van der Waals surface area contributed by atoms with Gasteiger partial charge in [0.05, 0.1) is 18.9 Å². The van der Waals surface area contributed by atoms with Gasteiger partial charge in [-0.25, -0.2) is 8.42 Å². The van der Waals surface area contributed by atoms with Crippen molar-refractivity contribution in [2.75, 3.05) is 17.6 Å². The molecule has 0 saturated heterocycles. The monoisotopic (exact) mass is 390 g/mol. The van der Waals surface area contributed by atoms with Crippen LogP contribution in [0.3, 0.4) is 0 Å². The van der Waals surface area contributed by atoms with E-state index < -0.39 is 10.0 Å². The summed E-state index contributed by atoms with van der Waals surface area (Å²) >= 11 is 0. The van der Waals surface area contributed by atoms with Crippen molar-refractivity contribution in [1.29, 1.82) is 0 Å². The molecule has 6 nitrogen and oxygen atoms in total. The molecule has 0 unspecified atom stereocenters. The first-order chi connectivity index (χ1) is 12.8. The lowest BCUT2D eigenvalue weighted by Gasteiger charge is -2.19. The molecular formula is C20H26N2O4S. The van der Waals surface area contributed by atoms with Gasteiger partial charge >= 0.3 is 0 Å². The molecule has 0 radical (unpaired) electrons. The molecule has 146 valence electrons. The minimum absolute atomic E-state index is 0.00526. The van der Waals surface area contributed by atoms with Crippen LogP contribution >= 0.6 is 0 Å². The zero-order valence-corrected chi connectivity index (χ0v) is 16.9. The van der Waals surface area contributed by atoms with Crippen molar-refractivity contribution < 1.29 is 17.9 Å². The van der Waals surface area contributed by atoms with Crippen molar-refractivity contribution in [2.24, 2.45) is 0 Å². The van der Waals surface area contributed by atoms with Crippen molar-refractivity contribution in [1.82, 2.24) is 5.32 Å². The summed E-state index contributed by atoms with van der Waals surface area (Å²) in [7, 11) is -1.70. The number of carbonyl (C=O) groups is 1. The second-order valence-electron chi connectivity index (χ2n) is 6.25. The maximum Gasteiger partial charge on any atom is 0.251 e. The highest BCUT2D eigenvalue weighted by molar-refractivity contribution is 7.92. The van der Waals surface area contributed by atoms with Gasteiger partial charge in [0.15, 0.2) is 0 Å². The fraction of sp³-hybridized carbons (Fsp3) is 0.350. The van der Waals surface area contributed by atoms with E-state index in [-0.39, 0.29) is 17.7 Å². The number of anilines is 1. The van der Waals surface area contributed by atoms with E-state index in [0.29, 0.717) is 11.3 Å². The number of amides is 1. The summed E-state index contributed by atoms with van der Waals surface area (Å²) in [4.78, 5) is 12.6. The number of sulfonamides is 1. The van der Waals surface area contributed by atoms with E-state index in [1.54, 1.807) is 38.3 Å². The predicted octanol–water partition coefficient (Wildman–Crippen LogP) is 3.65. The predicted molar refractivity (Wildman–Crippen MR) is 108 cm³/mol. The first kappa shape index (κ1) is 20.8. The number of benzene rings is 2. The molecule has 0 aliphatic rings. The lowest BCUT2D eigenvalue weighted by molar-refractivity contribution is 0.0935. The SMILES string of the molecule is CC[C@@H](NC(=O)c1ccc(NS(=O)(=O)CC)cc1)c1ccc(OC)c(C)c1. The lowest BCUT2D eigenvalue weighted by atomic mass is 10.0. The molecule has 27 heavy (non-hydrogen) atoms. The summed E-state index contributed by atoms with van der Waals surface area (Å²) in [5.74, 6) is 0.597. The summed E-state index contributed by atoms with van der Waals surface area (Å²) in [6, 6.07) is 12.1. The Morgan fingerprint density at radius 2 is 1.78 bits per heavy atom. The fourth-order valence-corrected chi connectivity index (χ4v) is 3.36. The second kappa shape index (κ2) is 8.90. The van der Waals surface area contributed by atoms with Crippen LogP contribution in [-0.2, 0) is 10.0 Å². The highest BCUT2D eigenvalue weighted by Crippen LogP contribution is 2.24. The van der Waals surface area contributed by atoms with Crippen LogP contribution in [0.15, 0.2) is 42.5 Å². The molecule has 2 N–H and O–H groups in total. The Hall–Kier alpha value is -2.54. The second-order valence-corrected chi connectivity index (χ2v) is 8.26. The van der Waals surface area contributed by atoms with Crippen LogP contribution in [0.2, 0.25) is 0 Å². The van der Waals surface area contributed by atoms with Gasteiger partial charge in [-0.1, -0.05) is 19.1 Å². The van der Waals surface area contributed by atoms with Gasteiger partial charge in [-0.15, -0.1) is 0 Å². The number of hydrogen-bond donors (Lipinski definition) is 2. The Kier molecular flexibility index (Phi) is 6.85. The number of rotatable bonds is 8. The molecule has 1 amide bonds. The van der Waals surface area contributed by atoms with Crippen molar-refractivity contribution >= 4 is 21.6 Å². The average molecular weight is 391 g/mol. The number of aryl methyl sites for hydroxylation is 1. The summed E-state index contributed by atoms with van der Waals surface area (Å²) in [6.45, 7) is 5.54. The molecule has 0 aliphatic carbocycles. The number of methoxy groups -OCH3 is 1. The van der Waals surface area contributed by atoms with Crippen molar-refractivity contribution in [2.45, 2.75) is 33.2 Å². The third kappa shape index (κ3) is 5.47. The van der Waals surface area contributed by atoms with E-state index >= 15 is 0 Å². The van der Waals surface area contributed by atoms with Gasteiger partial charge in [-0.2, -0.15) is 0 Å². The van der Waals surface area contributed by atoms with Gasteiger partial charge < -0.3 is 10.1 Å². The Morgan fingerprint density at radius 3 is 2.30 bits per heavy atom. The molecule has 2 rings (SSSR count). The van der Waals surface area contributed by atoms with E-state index in [1.165, 1.54) is 0 Å². The molecule has 0 aliphatic heterocycles. The van der Waals surface area contributed by atoms with Crippen molar-refractivity contribution in [3.8, 4) is 5.75 Å². The molecule has 0 heterocycles. The summed E-state index contributed by atoms with van der Waals surface area (Å²) in [5.41, 5.74) is 2.93. The van der Waals surface area contributed by atoms with Crippen LogP contribution in [0, 0.1) is 6.92 Å². The molecule has 2 aromatic carbocycles. The van der Waals surface area contributed by atoms with Gasteiger partial charge in [0.1, 0.15) is 5.75 Å². The smallest absolute Gasteiger partial charge is 0.251 e. The van der Waals surface area contributed by atoms with Crippen LogP contribution in [-0.4, -0.2) is 27.2 Å². The third-order valence-corrected chi connectivity index (χ3v) is 5.64. The van der Waals surface area contributed by atoms with Crippen LogP contribution in [0.1, 0.15) is 47.8 Å². The lowest BCUT2D eigenvalue weighted by Crippen LogP contribution is -2.28. The molecule has 0 bridgehead atoms. The van der Waals surface area contributed by atoms with E-state index in [9.17, 15) is 13.2 Å². The third-order valence-electron chi connectivity index (χ3n) is 4.34. The first-order valence-electron chi connectivity index (χ1n) is 8.85. The highest BCUT2D eigenvalue weighted by atomic mass is 32.2. The zero-order chi connectivity index (χ0) is 20.0. The van der Waals surface area contributed by atoms with Crippen LogP contribution in [0.25, 0.3) is 0 Å². The Balaban J connectivity index is 2.11.